The highest BCUT2D eigenvalue weighted by atomic mass is 16.5. The van der Waals surface area contributed by atoms with E-state index in [1.807, 2.05) is 0 Å². The molecule has 4 aliphatic carbocycles. The Morgan fingerprint density at radius 2 is 1.76 bits per heavy atom. The van der Waals surface area contributed by atoms with Crippen molar-refractivity contribution in [3.8, 4) is 0 Å². The van der Waals surface area contributed by atoms with Gasteiger partial charge in [0.25, 0.3) is 0 Å². The van der Waals surface area contributed by atoms with Crippen LogP contribution in [0.5, 0.6) is 0 Å². The fourth-order valence-electron chi connectivity index (χ4n) is 5.08. The molecule has 4 bridgehead atoms. The van der Waals surface area contributed by atoms with Crippen molar-refractivity contribution in [2.45, 2.75) is 44.1 Å². The molecule has 2 unspecified atom stereocenters. The minimum absolute atomic E-state index is 0.0797. The Kier molecular flexibility index (Phi) is 2.49. The maximum atomic E-state index is 5.93. The highest BCUT2D eigenvalue weighted by Crippen LogP contribution is 2.62. The van der Waals surface area contributed by atoms with E-state index >= 15 is 0 Å². The van der Waals surface area contributed by atoms with Gasteiger partial charge in [0.05, 0.1) is 19.1 Å². The maximum absolute atomic E-state index is 5.93. The zero-order chi connectivity index (χ0) is 11.9. The molecular formula is C15H22O2. The highest BCUT2D eigenvalue weighted by molar-refractivity contribution is 5.09. The molecule has 17 heavy (non-hydrogen) atoms. The molecule has 4 rings (SSSR count). The van der Waals surface area contributed by atoms with Crippen LogP contribution in [0.2, 0.25) is 0 Å². The summed E-state index contributed by atoms with van der Waals surface area (Å²) in [5.74, 6) is 1.68. The van der Waals surface area contributed by atoms with E-state index in [4.69, 9.17) is 9.47 Å². The van der Waals surface area contributed by atoms with Crippen LogP contribution in [0, 0.1) is 17.3 Å². The average Bonchev–Trinajstić information content (AvgIpc) is 2.24. The van der Waals surface area contributed by atoms with Crippen molar-refractivity contribution in [1.29, 1.82) is 0 Å². The van der Waals surface area contributed by atoms with Gasteiger partial charge in [0, 0.05) is 5.41 Å². The third-order valence-corrected chi connectivity index (χ3v) is 4.97. The van der Waals surface area contributed by atoms with Crippen molar-refractivity contribution in [3.63, 3.8) is 0 Å². The first-order valence-corrected chi connectivity index (χ1v) is 6.71. The Balaban J connectivity index is 1.83. The molecule has 94 valence electrons. The molecule has 0 aromatic rings. The maximum Gasteiger partial charge on any atom is 0.109 e. The van der Waals surface area contributed by atoms with E-state index in [9.17, 15) is 0 Å². The lowest BCUT2D eigenvalue weighted by Crippen LogP contribution is -2.57. The first kappa shape index (κ1) is 11.2. The Morgan fingerprint density at radius 1 is 1.06 bits per heavy atom. The van der Waals surface area contributed by atoms with Crippen LogP contribution in [0.15, 0.2) is 25.7 Å². The van der Waals surface area contributed by atoms with Crippen molar-refractivity contribution >= 4 is 0 Å². The van der Waals surface area contributed by atoms with Crippen LogP contribution in [-0.4, -0.2) is 12.2 Å². The quantitative estimate of drug-likeness (QED) is 0.676. The summed E-state index contributed by atoms with van der Waals surface area (Å²) in [5, 5.41) is 0. The number of hydrogen-bond donors (Lipinski definition) is 0. The monoisotopic (exact) mass is 234 g/mol. The molecule has 0 aromatic carbocycles. The van der Waals surface area contributed by atoms with Crippen molar-refractivity contribution in [2.75, 3.05) is 6.61 Å². The summed E-state index contributed by atoms with van der Waals surface area (Å²) in [7, 11) is 0. The largest absolute Gasteiger partial charge is 0.501 e. The standard InChI is InChI=1S/C15H22O2/c1-3-16-11-14-6-12-5-13(7-14)9-15(8-12,10-14)17-4-2/h3-4,12-13H,1-2,5-11H2. The van der Waals surface area contributed by atoms with Crippen LogP contribution in [-0.2, 0) is 9.47 Å². The summed E-state index contributed by atoms with van der Waals surface area (Å²) >= 11 is 0. The Morgan fingerprint density at radius 3 is 2.35 bits per heavy atom. The van der Waals surface area contributed by atoms with Crippen LogP contribution in [0.3, 0.4) is 0 Å². The van der Waals surface area contributed by atoms with Crippen LogP contribution in [0.4, 0.5) is 0 Å². The summed E-state index contributed by atoms with van der Waals surface area (Å²) in [6.07, 6.45) is 10.9. The molecule has 0 heterocycles. The zero-order valence-electron chi connectivity index (χ0n) is 10.5. The minimum atomic E-state index is 0.0797. The summed E-state index contributed by atoms with van der Waals surface area (Å²) in [4.78, 5) is 0. The minimum Gasteiger partial charge on any atom is -0.501 e. The molecule has 0 N–H and O–H groups in total. The van der Waals surface area contributed by atoms with Crippen LogP contribution >= 0.6 is 0 Å². The van der Waals surface area contributed by atoms with E-state index in [-0.39, 0.29) is 5.60 Å². The Hall–Kier alpha value is -0.920. The van der Waals surface area contributed by atoms with E-state index in [0.717, 1.165) is 24.9 Å². The Bertz CT molecular complexity index is 320. The van der Waals surface area contributed by atoms with Gasteiger partial charge in [-0.3, -0.25) is 0 Å². The van der Waals surface area contributed by atoms with Gasteiger partial charge >= 0.3 is 0 Å². The fraction of sp³-hybridized carbons (Fsp3) is 0.733. The molecular weight excluding hydrogens is 212 g/mol. The smallest absolute Gasteiger partial charge is 0.109 e. The molecule has 4 fully saturated rings. The molecule has 0 aliphatic heterocycles. The van der Waals surface area contributed by atoms with Gasteiger partial charge in [-0.05, 0) is 50.4 Å². The third-order valence-electron chi connectivity index (χ3n) is 4.97. The average molecular weight is 234 g/mol. The first-order chi connectivity index (χ1) is 8.19. The number of hydrogen-bond acceptors (Lipinski definition) is 2. The number of ether oxygens (including phenoxy) is 2. The zero-order valence-corrected chi connectivity index (χ0v) is 10.5. The molecule has 0 spiro atoms. The molecule has 0 radical (unpaired) electrons. The van der Waals surface area contributed by atoms with Gasteiger partial charge in [0.15, 0.2) is 0 Å². The summed E-state index contributed by atoms with van der Waals surface area (Å²) in [6.45, 7) is 8.24. The highest BCUT2D eigenvalue weighted by Gasteiger charge is 2.59. The van der Waals surface area contributed by atoms with Crippen molar-refractivity contribution in [3.05, 3.63) is 25.7 Å². The van der Waals surface area contributed by atoms with E-state index in [1.54, 1.807) is 12.5 Å². The molecule has 4 aliphatic rings. The van der Waals surface area contributed by atoms with E-state index in [0.29, 0.717) is 5.41 Å². The predicted molar refractivity (Wildman–Crippen MR) is 67.3 cm³/mol. The van der Waals surface area contributed by atoms with Gasteiger partial charge in [-0.25, -0.2) is 0 Å². The summed E-state index contributed by atoms with van der Waals surface area (Å²) < 4.78 is 11.5. The van der Waals surface area contributed by atoms with Gasteiger partial charge in [-0.1, -0.05) is 13.2 Å². The molecule has 0 amide bonds. The van der Waals surface area contributed by atoms with Gasteiger partial charge in [-0.15, -0.1) is 0 Å². The Labute approximate surface area is 104 Å². The van der Waals surface area contributed by atoms with Crippen LogP contribution in [0.25, 0.3) is 0 Å². The SMILES string of the molecule is C=COCC12CC3CC(C1)CC(OC=C)(C3)C2. The molecule has 2 nitrogen and oxygen atoms in total. The second kappa shape index (κ2) is 3.79. The fourth-order valence-corrected chi connectivity index (χ4v) is 5.08. The van der Waals surface area contributed by atoms with Gasteiger partial charge in [-0.2, -0.15) is 0 Å². The van der Waals surface area contributed by atoms with Crippen molar-refractivity contribution in [1.82, 2.24) is 0 Å². The van der Waals surface area contributed by atoms with E-state index in [1.165, 1.54) is 32.1 Å². The summed E-state index contributed by atoms with van der Waals surface area (Å²) in [5.41, 5.74) is 0.428. The van der Waals surface area contributed by atoms with Gasteiger partial charge < -0.3 is 9.47 Å². The van der Waals surface area contributed by atoms with Gasteiger partial charge in [0.1, 0.15) is 5.60 Å². The van der Waals surface area contributed by atoms with Gasteiger partial charge in [0.2, 0.25) is 0 Å². The molecule has 2 heteroatoms. The van der Waals surface area contributed by atoms with E-state index < -0.39 is 0 Å². The van der Waals surface area contributed by atoms with Crippen LogP contribution in [0.1, 0.15) is 38.5 Å². The van der Waals surface area contributed by atoms with Crippen molar-refractivity contribution < 1.29 is 9.47 Å². The van der Waals surface area contributed by atoms with E-state index in [2.05, 4.69) is 13.2 Å². The van der Waals surface area contributed by atoms with Crippen molar-refractivity contribution in [2.24, 2.45) is 17.3 Å². The molecule has 0 aromatic heterocycles. The lowest BCUT2D eigenvalue weighted by atomic mass is 9.48. The molecule has 4 saturated carbocycles. The second-order valence-corrected chi connectivity index (χ2v) is 6.41. The lowest BCUT2D eigenvalue weighted by Gasteiger charge is -2.60. The molecule has 2 atom stereocenters. The van der Waals surface area contributed by atoms with Crippen LogP contribution < -0.4 is 0 Å². The summed E-state index contributed by atoms with van der Waals surface area (Å²) in [6, 6.07) is 0. The normalized spacial score (nSPS) is 46.6. The lowest BCUT2D eigenvalue weighted by molar-refractivity contribution is -0.179. The number of rotatable bonds is 5. The second-order valence-electron chi connectivity index (χ2n) is 6.41. The first-order valence-electron chi connectivity index (χ1n) is 6.71. The third kappa shape index (κ3) is 1.78. The predicted octanol–water partition coefficient (Wildman–Crippen LogP) is 3.65. The topological polar surface area (TPSA) is 18.5 Å². The molecule has 0 saturated heterocycles.